The summed E-state index contributed by atoms with van der Waals surface area (Å²) in [6.07, 6.45) is 2.76. The van der Waals surface area contributed by atoms with Crippen LogP contribution in [0.1, 0.15) is 32.1 Å². The second kappa shape index (κ2) is 7.69. The van der Waals surface area contributed by atoms with Gasteiger partial charge in [0.2, 0.25) is 11.8 Å². The average molecular weight is 387 g/mol. The molecular weight excluding hydrogens is 362 g/mol. The smallest absolute Gasteiger partial charge is 0.303 e. The van der Waals surface area contributed by atoms with E-state index in [1.165, 1.54) is 0 Å². The first-order valence-corrected chi connectivity index (χ1v) is 9.86. The van der Waals surface area contributed by atoms with Crippen molar-refractivity contribution in [2.24, 2.45) is 5.92 Å². The van der Waals surface area contributed by atoms with Gasteiger partial charge in [-0.25, -0.2) is 0 Å². The van der Waals surface area contributed by atoms with E-state index in [1.54, 1.807) is 0 Å². The first-order valence-electron chi connectivity index (χ1n) is 9.86. The topological polar surface area (TPSA) is 99.2 Å². The fourth-order valence-electron chi connectivity index (χ4n) is 4.43. The molecule has 1 aromatic carbocycles. The van der Waals surface area contributed by atoms with E-state index in [1.807, 2.05) is 23.1 Å². The van der Waals surface area contributed by atoms with Gasteiger partial charge in [-0.05, 0) is 37.3 Å². The molecule has 1 atom stereocenters. The van der Waals surface area contributed by atoms with Gasteiger partial charge in [-0.15, -0.1) is 0 Å². The molecule has 3 aliphatic rings. The highest BCUT2D eigenvalue weighted by atomic mass is 16.5. The quantitative estimate of drug-likeness (QED) is 0.753. The highest BCUT2D eigenvalue weighted by Crippen LogP contribution is 2.42. The molecule has 2 N–H and O–H groups in total. The number of ether oxygens (including phenoxy) is 1. The number of rotatable bonds is 4. The van der Waals surface area contributed by atoms with Crippen LogP contribution >= 0.6 is 0 Å². The molecule has 28 heavy (non-hydrogen) atoms. The van der Waals surface area contributed by atoms with Crippen molar-refractivity contribution in [2.45, 2.75) is 38.1 Å². The molecule has 2 amide bonds. The minimum absolute atomic E-state index is 0.215. The van der Waals surface area contributed by atoms with Crippen molar-refractivity contribution in [3.8, 4) is 5.75 Å². The molecule has 0 unspecified atom stereocenters. The summed E-state index contributed by atoms with van der Waals surface area (Å²) in [5, 5.41) is 11.4. The average Bonchev–Trinajstić information content (AvgIpc) is 2.67. The highest BCUT2D eigenvalue weighted by Gasteiger charge is 2.36. The van der Waals surface area contributed by atoms with E-state index < -0.39 is 5.97 Å². The number of piperidine rings is 2. The summed E-state index contributed by atoms with van der Waals surface area (Å²) < 4.78 is 6.00. The molecule has 0 aliphatic carbocycles. The van der Waals surface area contributed by atoms with E-state index in [2.05, 4.69) is 10.2 Å². The van der Waals surface area contributed by atoms with Gasteiger partial charge in [-0.2, -0.15) is 0 Å². The number of aliphatic carboxylic acids is 1. The third kappa shape index (κ3) is 3.63. The van der Waals surface area contributed by atoms with Crippen LogP contribution in [0.5, 0.6) is 5.75 Å². The van der Waals surface area contributed by atoms with Crippen LogP contribution in [0.3, 0.4) is 0 Å². The van der Waals surface area contributed by atoms with Gasteiger partial charge in [-0.3, -0.25) is 19.7 Å². The van der Waals surface area contributed by atoms with Crippen LogP contribution in [0, 0.1) is 5.92 Å². The number of carboxylic acids is 1. The van der Waals surface area contributed by atoms with E-state index in [-0.39, 0.29) is 30.2 Å². The Morgan fingerprint density at radius 3 is 2.61 bits per heavy atom. The number of carbonyl (C=O) groups excluding carboxylic acids is 2. The molecule has 3 heterocycles. The summed E-state index contributed by atoms with van der Waals surface area (Å²) in [5.74, 6) is -0.209. The molecule has 8 heteroatoms. The molecule has 0 bridgehead atoms. The number of hydrogen-bond donors (Lipinski definition) is 2. The van der Waals surface area contributed by atoms with Crippen LogP contribution in [-0.4, -0.2) is 55.2 Å². The number of para-hydroxylation sites is 1. The number of nitrogens with zero attached hydrogens (tertiary/aromatic N) is 2. The van der Waals surface area contributed by atoms with Crippen LogP contribution in [0.15, 0.2) is 18.2 Å². The summed E-state index contributed by atoms with van der Waals surface area (Å²) in [4.78, 5) is 39.1. The first kappa shape index (κ1) is 18.6. The standard InChI is InChI=1S/C20H25N3O5/c24-17-5-4-16(20(27)21-17)23-10-11-28-19-14(2-1-3-15(19)23)22-8-6-13(7-9-22)12-18(25)26/h1-3,13,16H,4-12H2,(H,25,26)(H,21,24,27)/t16-/m1/s1. The van der Waals surface area contributed by atoms with Crippen molar-refractivity contribution in [3.05, 3.63) is 18.2 Å². The van der Waals surface area contributed by atoms with Crippen LogP contribution in [0.4, 0.5) is 11.4 Å². The zero-order valence-corrected chi connectivity index (χ0v) is 15.7. The maximum atomic E-state index is 12.4. The van der Waals surface area contributed by atoms with E-state index in [9.17, 15) is 14.4 Å². The van der Waals surface area contributed by atoms with Crippen molar-refractivity contribution in [1.29, 1.82) is 0 Å². The number of fused-ring (bicyclic) bond motifs is 1. The Kier molecular flexibility index (Phi) is 5.11. The first-order chi connectivity index (χ1) is 13.5. The van der Waals surface area contributed by atoms with Crippen LogP contribution in [0.2, 0.25) is 0 Å². The number of anilines is 2. The third-order valence-electron chi connectivity index (χ3n) is 5.87. The summed E-state index contributed by atoms with van der Waals surface area (Å²) in [6.45, 7) is 2.66. The number of hydrogen-bond acceptors (Lipinski definition) is 6. The molecule has 150 valence electrons. The highest BCUT2D eigenvalue weighted by molar-refractivity contribution is 6.02. The second-order valence-corrected chi connectivity index (χ2v) is 7.66. The lowest BCUT2D eigenvalue weighted by molar-refractivity contribution is -0.138. The SMILES string of the molecule is O=C(O)CC1CCN(c2cccc3c2OCCN3[C@@H]2CCC(=O)NC2=O)CC1. The van der Waals surface area contributed by atoms with Crippen molar-refractivity contribution >= 4 is 29.2 Å². The Labute approximate surface area is 163 Å². The van der Waals surface area contributed by atoms with Gasteiger partial charge in [0.1, 0.15) is 12.6 Å². The fraction of sp³-hybridized carbons (Fsp3) is 0.550. The second-order valence-electron chi connectivity index (χ2n) is 7.66. The van der Waals surface area contributed by atoms with Crippen molar-refractivity contribution < 1.29 is 24.2 Å². The maximum Gasteiger partial charge on any atom is 0.303 e. The van der Waals surface area contributed by atoms with Crippen molar-refractivity contribution in [2.75, 3.05) is 36.0 Å². The molecule has 0 spiro atoms. The van der Waals surface area contributed by atoms with Gasteiger partial charge in [0.05, 0.1) is 17.9 Å². The van der Waals surface area contributed by atoms with Gasteiger partial charge < -0.3 is 19.6 Å². The Hall–Kier alpha value is -2.77. The number of imide groups is 1. The van der Waals surface area contributed by atoms with Crippen molar-refractivity contribution in [1.82, 2.24) is 5.32 Å². The third-order valence-corrected chi connectivity index (χ3v) is 5.87. The van der Waals surface area contributed by atoms with E-state index in [0.29, 0.717) is 26.0 Å². The molecule has 8 nitrogen and oxygen atoms in total. The zero-order chi connectivity index (χ0) is 19.7. The molecule has 0 saturated carbocycles. The molecule has 4 rings (SSSR count). The minimum Gasteiger partial charge on any atom is -0.487 e. The van der Waals surface area contributed by atoms with Gasteiger partial charge in [-0.1, -0.05) is 6.07 Å². The van der Waals surface area contributed by atoms with Crippen molar-refractivity contribution in [3.63, 3.8) is 0 Å². The lowest BCUT2D eigenvalue weighted by atomic mass is 9.93. The van der Waals surface area contributed by atoms with Gasteiger partial charge in [0, 0.05) is 25.9 Å². The molecule has 2 fully saturated rings. The Bertz CT molecular complexity index is 788. The van der Waals surface area contributed by atoms with E-state index in [0.717, 1.165) is 43.1 Å². The largest absolute Gasteiger partial charge is 0.487 e. The van der Waals surface area contributed by atoms with Crippen LogP contribution in [0.25, 0.3) is 0 Å². The van der Waals surface area contributed by atoms with Gasteiger partial charge in [0.25, 0.3) is 0 Å². The summed E-state index contributed by atoms with van der Waals surface area (Å²) in [5.41, 5.74) is 1.87. The Morgan fingerprint density at radius 1 is 1.14 bits per heavy atom. The molecule has 3 aliphatic heterocycles. The molecule has 1 aromatic rings. The molecule has 2 saturated heterocycles. The normalized spacial score (nSPS) is 23.1. The number of amides is 2. The summed E-state index contributed by atoms with van der Waals surface area (Å²) in [7, 11) is 0. The number of carboxylic acid groups (broad SMARTS) is 1. The lowest BCUT2D eigenvalue weighted by Crippen LogP contribution is -2.54. The molecule has 0 aromatic heterocycles. The zero-order valence-electron chi connectivity index (χ0n) is 15.7. The summed E-state index contributed by atoms with van der Waals surface area (Å²) >= 11 is 0. The Morgan fingerprint density at radius 2 is 1.89 bits per heavy atom. The number of benzene rings is 1. The van der Waals surface area contributed by atoms with Gasteiger partial charge >= 0.3 is 5.97 Å². The van der Waals surface area contributed by atoms with Crippen LogP contribution < -0.4 is 19.9 Å². The molecular formula is C20H25N3O5. The Balaban J connectivity index is 1.54. The fourth-order valence-corrected chi connectivity index (χ4v) is 4.43. The minimum atomic E-state index is -0.737. The monoisotopic (exact) mass is 387 g/mol. The summed E-state index contributed by atoms with van der Waals surface area (Å²) in [6, 6.07) is 5.57. The lowest BCUT2D eigenvalue weighted by Gasteiger charge is -2.40. The number of carbonyl (C=O) groups is 3. The van der Waals surface area contributed by atoms with E-state index in [4.69, 9.17) is 9.84 Å². The predicted molar refractivity (Wildman–Crippen MR) is 103 cm³/mol. The van der Waals surface area contributed by atoms with E-state index >= 15 is 0 Å². The molecule has 0 radical (unpaired) electrons. The maximum absolute atomic E-state index is 12.4. The number of nitrogens with one attached hydrogen (secondary N) is 1. The van der Waals surface area contributed by atoms with Crippen LogP contribution in [-0.2, 0) is 14.4 Å². The van der Waals surface area contributed by atoms with Gasteiger partial charge in [0.15, 0.2) is 5.75 Å². The predicted octanol–water partition coefficient (Wildman–Crippen LogP) is 1.38.